The largest absolute Gasteiger partial charge is 0.493 e. The zero-order valence-electron chi connectivity index (χ0n) is 16.4. The molecule has 1 heterocycles. The van der Waals surface area contributed by atoms with E-state index in [0.29, 0.717) is 17.9 Å². The van der Waals surface area contributed by atoms with E-state index in [9.17, 15) is 9.59 Å². The van der Waals surface area contributed by atoms with Crippen LogP contribution in [-0.2, 0) is 27.2 Å². The van der Waals surface area contributed by atoms with Crippen molar-refractivity contribution in [3.8, 4) is 11.5 Å². The number of para-hydroxylation sites is 1. The number of nitrogens with zero attached hydrogens (tertiary/aromatic N) is 1. The Morgan fingerprint density at radius 1 is 1.07 bits per heavy atom. The summed E-state index contributed by atoms with van der Waals surface area (Å²) < 4.78 is 15.7. The second-order valence-electron chi connectivity index (χ2n) is 6.80. The third-order valence-electron chi connectivity index (χ3n) is 4.90. The molecule has 1 atom stereocenters. The van der Waals surface area contributed by atoms with Gasteiger partial charge in [0, 0.05) is 18.2 Å². The first-order chi connectivity index (χ1) is 13.5. The minimum atomic E-state index is -0.400. The predicted molar refractivity (Wildman–Crippen MR) is 106 cm³/mol. The highest BCUT2D eigenvalue weighted by Crippen LogP contribution is 2.32. The van der Waals surface area contributed by atoms with Crippen LogP contribution in [0.3, 0.4) is 0 Å². The molecule has 0 spiro atoms. The molecule has 0 radical (unpaired) electrons. The van der Waals surface area contributed by atoms with Crippen LogP contribution in [0.15, 0.2) is 42.5 Å². The summed E-state index contributed by atoms with van der Waals surface area (Å²) in [5.74, 6) is 0.657. The maximum atomic E-state index is 12.6. The van der Waals surface area contributed by atoms with E-state index in [2.05, 4.69) is 0 Å². The molecule has 0 unspecified atom stereocenters. The lowest BCUT2D eigenvalue weighted by Gasteiger charge is -2.22. The van der Waals surface area contributed by atoms with Gasteiger partial charge in [-0.05, 0) is 49.1 Å². The van der Waals surface area contributed by atoms with E-state index in [4.69, 9.17) is 14.2 Å². The van der Waals surface area contributed by atoms with Crippen LogP contribution in [0.4, 0.5) is 5.69 Å². The van der Waals surface area contributed by atoms with Gasteiger partial charge in [0.25, 0.3) is 5.91 Å². The predicted octanol–water partition coefficient (Wildman–Crippen LogP) is 3.16. The summed E-state index contributed by atoms with van der Waals surface area (Å²) in [6.07, 6.45) is 1.50. The van der Waals surface area contributed by atoms with Crippen LogP contribution in [0.1, 0.15) is 24.5 Å². The summed E-state index contributed by atoms with van der Waals surface area (Å²) in [6.45, 7) is 1.75. The standard InChI is InChI=1S/C22H25NO5/c1-15-12-17-6-4-5-7-18(17)23(15)21(24)14-28-22(25)11-9-16-8-10-19(26-2)20(13-16)27-3/h4-8,10,13,15H,9,11-12,14H2,1-3H3/t15-/m0/s1. The number of carbonyl (C=O) groups is 2. The summed E-state index contributed by atoms with van der Waals surface area (Å²) in [7, 11) is 3.14. The molecular formula is C22H25NO5. The maximum Gasteiger partial charge on any atom is 0.306 e. The summed E-state index contributed by atoms with van der Waals surface area (Å²) in [4.78, 5) is 26.4. The van der Waals surface area contributed by atoms with Crippen LogP contribution in [-0.4, -0.2) is 38.7 Å². The molecule has 0 aromatic heterocycles. The molecule has 3 rings (SSSR count). The van der Waals surface area contributed by atoms with E-state index in [1.165, 1.54) is 0 Å². The number of methoxy groups -OCH3 is 2. The number of fused-ring (bicyclic) bond motifs is 1. The number of rotatable bonds is 7. The number of esters is 1. The monoisotopic (exact) mass is 383 g/mol. The minimum Gasteiger partial charge on any atom is -0.493 e. The van der Waals surface area contributed by atoms with Gasteiger partial charge in [0.1, 0.15) is 0 Å². The van der Waals surface area contributed by atoms with Gasteiger partial charge in [-0.2, -0.15) is 0 Å². The molecule has 2 aromatic carbocycles. The van der Waals surface area contributed by atoms with Crippen LogP contribution in [0.5, 0.6) is 11.5 Å². The number of hydrogen-bond donors (Lipinski definition) is 0. The second kappa shape index (κ2) is 8.78. The molecule has 0 N–H and O–H groups in total. The quantitative estimate of drug-likeness (QED) is 0.687. The molecule has 6 heteroatoms. The van der Waals surface area contributed by atoms with E-state index in [1.807, 2.05) is 43.3 Å². The Balaban J connectivity index is 1.51. The number of carbonyl (C=O) groups excluding carboxylic acids is 2. The van der Waals surface area contributed by atoms with E-state index in [1.54, 1.807) is 25.2 Å². The van der Waals surface area contributed by atoms with Gasteiger partial charge >= 0.3 is 5.97 Å². The van der Waals surface area contributed by atoms with Crippen LogP contribution < -0.4 is 14.4 Å². The molecule has 148 valence electrons. The topological polar surface area (TPSA) is 65.1 Å². The lowest BCUT2D eigenvalue weighted by molar-refractivity contribution is -0.147. The second-order valence-corrected chi connectivity index (χ2v) is 6.80. The molecule has 0 fully saturated rings. The Bertz CT molecular complexity index is 864. The molecule has 2 aromatic rings. The van der Waals surface area contributed by atoms with Gasteiger partial charge < -0.3 is 19.1 Å². The normalized spacial score (nSPS) is 15.1. The highest BCUT2D eigenvalue weighted by Gasteiger charge is 2.30. The summed E-state index contributed by atoms with van der Waals surface area (Å²) in [6, 6.07) is 13.4. The third kappa shape index (κ3) is 4.27. The summed E-state index contributed by atoms with van der Waals surface area (Å²) in [5, 5.41) is 0. The molecule has 1 amide bonds. The maximum absolute atomic E-state index is 12.6. The summed E-state index contributed by atoms with van der Waals surface area (Å²) in [5.41, 5.74) is 2.98. The molecule has 0 bridgehead atoms. The number of amides is 1. The Morgan fingerprint density at radius 3 is 2.57 bits per heavy atom. The molecule has 0 saturated carbocycles. The third-order valence-corrected chi connectivity index (χ3v) is 4.90. The first-order valence-electron chi connectivity index (χ1n) is 9.30. The van der Waals surface area contributed by atoms with Crippen LogP contribution in [0, 0.1) is 0 Å². The van der Waals surface area contributed by atoms with Gasteiger partial charge in [0.05, 0.1) is 14.2 Å². The van der Waals surface area contributed by atoms with Crippen LogP contribution in [0.25, 0.3) is 0 Å². The summed E-state index contributed by atoms with van der Waals surface area (Å²) >= 11 is 0. The van der Waals surface area contributed by atoms with Crippen molar-refractivity contribution in [1.29, 1.82) is 0 Å². The average molecular weight is 383 g/mol. The fourth-order valence-corrected chi connectivity index (χ4v) is 3.51. The zero-order valence-corrected chi connectivity index (χ0v) is 16.4. The van der Waals surface area contributed by atoms with Crippen molar-refractivity contribution in [2.24, 2.45) is 0 Å². The highest BCUT2D eigenvalue weighted by molar-refractivity contribution is 5.97. The Labute approximate surface area is 165 Å². The lowest BCUT2D eigenvalue weighted by Crippen LogP contribution is -2.38. The van der Waals surface area contributed by atoms with Crippen molar-refractivity contribution < 1.29 is 23.8 Å². The van der Waals surface area contributed by atoms with Crippen molar-refractivity contribution in [3.05, 3.63) is 53.6 Å². The molecule has 1 aliphatic rings. The Morgan fingerprint density at radius 2 is 1.82 bits per heavy atom. The molecule has 1 aliphatic heterocycles. The first-order valence-corrected chi connectivity index (χ1v) is 9.30. The van der Waals surface area contributed by atoms with Crippen molar-refractivity contribution in [2.45, 2.75) is 32.2 Å². The van der Waals surface area contributed by atoms with E-state index < -0.39 is 5.97 Å². The molecule has 0 saturated heterocycles. The van der Waals surface area contributed by atoms with Gasteiger partial charge in [-0.3, -0.25) is 9.59 Å². The lowest BCUT2D eigenvalue weighted by atomic mass is 10.1. The van der Waals surface area contributed by atoms with Crippen molar-refractivity contribution in [3.63, 3.8) is 0 Å². The molecular weight excluding hydrogens is 358 g/mol. The smallest absolute Gasteiger partial charge is 0.306 e. The Kier molecular flexibility index (Phi) is 6.19. The van der Waals surface area contributed by atoms with Crippen molar-refractivity contribution in [2.75, 3.05) is 25.7 Å². The van der Waals surface area contributed by atoms with Gasteiger partial charge in [-0.25, -0.2) is 0 Å². The highest BCUT2D eigenvalue weighted by atomic mass is 16.5. The van der Waals surface area contributed by atoms with Crippen LogP contribution >= 0.6 is 0 Å². The number of anilines is 1. The Hall–Kier alpha value is -3.02. The van der Waals surface area contributed by atoms with Gasteiger partial charge in [-0.1, -0.05) is 24.3 Å². The van der Waals surface area contributed by atoms with Crippen molar-refractivity contribution in [1.82, 2.24) is 0 Å². The number of ether oxygens (including phenoxy) is 3. The van der Waals surface area contributed by atoms with Gasteiger partial charge in [-0.15, -0.1) is 0 Å². The van der Waals surface area contributed by atoms with Gasteiger partial charge in [0.2, 0.25) is 0 Å². The van der Waals surface area contributed by atoms with E-state index in [-0.39, 0.29) is 25.0 Å². The number of hydrogen-bond acceptors (Lipinski definition) is 5. The SMILES string of the molecule is COc1ccc(CCC(=O)OCC(=O)N2c3ccccc3C[C@@H]2C)cc1OC. The minimum absolute atomic E-state index is 0.0652. The number of aryl methyl sites for hydroxylation is 1. The average Bonchev–Trinajstić information content (AvgIpc) is 3.05. The van der Waals surface area contributed by atoms with Crippen LogP contribution in [0.2, 0.25) is 0 Å². The zero-order chi connectivity index (χ0) is 20.1. The fourth-order valence-electron chi connectivity index (χ4n) is 3.51. The first kappa shape index (κ1) is 19.7. The fraction of sp³-hybridized carbons (Fsp3) is 0.364. The molecule has 0 aliphatic carbocycles. The van der Waals surface area contributed by atoms with Gasteiger partial charge in [0.15, 0.2) is 18.1 Å². The molecule has 28 heavy (non-hydrogen) atoms. The van der Waals surface area contributed by atoms with E-state index in [0.717, 1.165) is 23.2 Å². The van der Waals surface area contributed by atoms with E-state index >= 15 is 0 Å². The van der Waals surface area contributed by atoms with Crippen molar-refractivity contribution >= 4 is 17.6 Å². The molecule has 6 nitrogen and oxygen atoms in total. The number of benzene rings is 2.